The Hall–Kier alpha value is -2.03. The van der Waals surface area contributed by atoms with Gasteiger partial charge in [-0.05, 0) is 31.0 Å². The Morgan fingerprint density at radius 1 is 1.26 bits per heavy atom. The molecule has 0 aliphatic rings. The fraction of sp³-hybridized carbons (Fsp3) is 0.357. The van der Waals surface area contributed by atoms with Crippen molar-refractivity contribution in [2.75, 3.05) is 0 Å². The van der Waals surface area contributed by atoms with Crippen LogP contribution in [0, 0.1) is 6.92 Å². The lowest BCUT2D eigenvalue weighted by Gasteiger charge is -2.14. The van der Waals surface area contributed by atoms with E-state index in [2.05, 4.69) is 4.18 Å². The average molecular weight is 350 g/mol. The Morgan fingerprint density at radius 2 is 1.91 bits per heavy atom. The third-order valence-corrected chi connectivity index (χ3v) is 4.13. The van der Waals surface area contributed by atoms with Crippen LogP contribution in [0.3, 0.4) is 0 Å². The van der Waals surface area contributed by atoms with Crippen molar-refractivity contribution in [1.82, 2.24) is 0 Å². The maximum absolute atomic E-state index is 12.5. The summed E-state index contributed by atoms with van der Waals surface area (Å²) < 4.78 is 69.2. The van der Waals surface area contributed by atoms with E-state index in [1.165, 1.54) is 12.1 Å². The maximum Gasteiger partial charge on any atom is 0.534 e. The molecule has 0 saturated heterocycles. The van der Waals surface area contributed by atoms with Gasteiger partial charge in [-0.3, -0.25) is 0 Å². The zero-order valence-corrected chi connectivity index (χ0v) is 13.0. The van der Waals surface area contributed by atoms with Crippen LogP contribution in [0.15, 0.2) is 27.4 Å². The van der Waals surface area contributed by atoms with Crippen LogP contribution in [-0.2, 0) is 16.5 Å². The molecule has 0 spiro atoms. The second-order valence-corrected chi connectivity index (χ2v) is 6.44. The Bertz CT molecular complexity index is 897. The van der Waals surface area contributed by atoms with Gasteiger partial charge in [0.2, 0.25) is 0 Å². The first-order valence-corrected chi connectivity index (χ1v) is 8.04. The van der Waals surface area contributed by atoms with E-state index in [0.717, 1.165) is 6.07 Å². The van der Waals surface area contributed by atoms with Gasteiger partial charge < -0.3 is 8.60 Å². The number of fused-ring (bicyclic) bond motifs is 1. The molecular weight excluding hydrogens is 337 g/mol. The lowest BCUT2D eigenvalue weighted by Crippen LogP contribution is -2.28. The molecule has 0 saturated carbocycles. The van der Waals surface area contributed by atoms with Crippen molar-refractivity contribution in [2.45, 2.75) is 32.2 Å². The molecule has 9 heteroatoms. The number of aryl methyl sites for hydroxylation is 2. The highest BCUT2D eigenvalue weighted by Crippen LogP contribution is 2.34. The number of hydrogen-bond donors (Lipinski definition) is 0. The largest absolute Gasteiger partial charge is 0.534 e. The van der Waals surface area contributed by atoms with Gasteiger partial charge in [-0.1, -0.05) is 13.3 Å². The Labute approximate surface area is 129 Å². The summed E-state index contributed by atoms with van der Waals surface area (Å²) in [7, 11) is -5.80. The molecule has 126 valence electrons. The molecule has 0 N–H and O–H groups in total. The molecule has 0 fully saturated rings. The minimum absolute atomic E-state index is 0.0340. The summed E-state index contributed by atoms with van der Waals surface area (Å²) >= 11 is 0. The Balaban J connectivity index is 2.70. The first-order valence-electron chi connectivity index (χ1n) is 6.64. The van der Waals surface area contributed by atoms with Gasteiger partial charge in [-0.15, -0.1) is 0 Å². The van der Waals surface area contributed by atoms with Crippen LogP contribution < -0.4 is 9.81 Å². The van der Waals surface area contributed by atoms with Gasteiger partial charge in [0.15, 0.2) is 0 Å². The number of hydrogen-bond acceptors (Lipinski definition) is 5. The highest BCUT2D eigenvalue weighted by molar-refractivity contribution is 7.88. The first kappa shape index (κ1) is 17.3. The van der Waals surface area contributed by atoms with Crippen LogP contribution in [0.2, 0.25) is 0 Å². The van der Waals surface area contributed by atoms with E-state index in [0.29, 0.717) is 17.4 Å². The van der Waals surface area contributed by atoms with Crippen molar-refractivity contribution in [3.8, 4) is 5.75 Å². The summed E-state index contributed by atoms with van der Waals surface area (Å²) in [5, 5.41) is 0.504. The quantitative estimate of drug-likeness (QED) is 0.481. The van der Waals surface area contributed by atoms with E-state index in [1.54, 1.807) is 13.8 Å². The molecule has 0 bridgehead atoms. The van der Waals surface area contributed by atoms with Crippen molar-refractivity contribution >= 4 is 21.1 Å². The van der Waals surface area contributed by atoms with E-state index in [4.69, 9.17) is 4.42 Å². The van der Waals surface area contributed by atoms with Gasteiger partial charge in [0.1, 0.15) is 11.3 Å². The molecule has 0 unspecified atom stereocenters. The van der Waals surface area contributed by atoms with E-state index >= 15 is 0 Å². The fourth-order valence-corrected chi connectivity index (χ4v) is 2.64. The third-order valence-electron chi connectivity index (χ3n) is 3.16. The lowest BCUT2D eigenvalue weighted by atomic mass is 10.0. The third kappa shape index (κ3) is 3.34. The van der Waals surface area contributed by atoms with E-state index in [9.17, 15) is 26.4 Å². The van der Waals surface area contributed by atoms with Crippen LogP contribution in [0.5, 0.6) is 5.75 Å². The van der Waals surface area contributed by atoms with Crippen LogP contribution in [0.25, 0.3) is 11.0 Å². The number of benzene rings is 1. The summed E-state index contributed by atoms with van der Waals surface area (Å²) in [5.41, 5.74) is -5.51. The summed E-state index contributed by atoms with van der Waals surface area (Å²) in [4.78, 5) is 11.5. The molecular formula is C14H13F3O5S. The summed E-state index contributed by atoms with van der Waals surface area (Å²) in [6.45, 7) is 3.39. The molecule has 0 aliphatic carbocycles. The molecule has 1 aromatic carbocycles. The zero-order valence-electron chi connectivity index (χ0n) is 12.2. The summed E-state index contributed by atoms with van der Waals surface area (Å²) in [6, 6.07) is 3.72. The van der Waals surface area contributed by atoms with Crippen LogP contribution in [0.1, 0.15) is 24.5 Å². The maximum atomic E-state index is 12.5. The van der Waals surface area contributed by atoms with Crippen molar-refractivity contribution in [1.29, 1.82) is 0 Å². The van der Waals surface area contributed by atoms with Gasteiger partial charge in [-0.2, -0.15) is 21.6 Å². The number of alkyl halides is 3. The predicted octanol–water partition coefficient (Wildman–Crippen LogP) is 3.28. The molecule has 5 nitrogen and oxygen atoms in total. The summed E-state index contributed by atoms with van der Waals surface area (Å²) in [5.74, 6) is -0.495. The zero-order chi connectivity index (χ0) is 17.4. The molecule has 23 heavy (non-hydrogen) atoms. The minimum atomic E-state index is -5.80. The molecule has 0 amide bonds. The van der Waals surface area contributed by atoms with Gasteiger partial charge in [0.05, 0.1) is 0 Å². The summed E-state index contributed by atoms with van der Waals surface area (Å²) in [6.07, 6.45) is 0.672. The Morgan fingerprint density at radius 3 is 2.48 bits per heavy atom. The van der Waals surface area contributed by atoms with Crippen molar-refractivity contribution in [3.63, 3.8) is 0 Å². The molecule has 2 aromatic rings. The van der Waals surface area contributed by atoms with Crippen LogP contribution in [0.4, 0.5) is 13.2 Å². The van der Waals surface area contributed by atoms with Gasteiger partial charge in [0.25, 0.3) is 0 Å². The molecule has 2 rings (SSSR count). The predicted molar refractivity (Wildman–Crippen MR) is 76.8 cm³/mol. The average Bonchev–Trinajstić information content (AvgIpc) is 2.40. The van der Waals surface area contributed by atoms with E-state index in [1.807, 2.05) is 0 Å². The molecule has 0 aliphatic heterocycles. The first-order chi connectivity index (χ1) is 10.6. The molecule has 0 atom stereocenters. The minimum Gasteiger partial charge on any atom is -0.422 e. The second kappa shape index (κ2) is 5.88. The standard InChI is InChI=1S/C14H13F3O5S/c1-3-4-10-11(22-23(19,20)14(15,16)17)6-5-9-8(2)7-12(18)21-13(9)10/h5-7H,3-4H2,1-2H3. The fourth-order valence-electron chi connectivity index (χ4n) is 2.15. The normalized spacial score (nSPS) is 12.6. The van der Waals surface area contributed by atoms with Crippen molar-refractivity contribution < 1.29 is 30.2 Å². The van der Waals surface area contributed by atoms with Gasteiger partial charge in [-0.25, -0.2) is 4.79 Å². The number of rotatable bonds is 4. The highest BCUT2D eigenvalue weighted by atomic mass is 32.2. The van der Waals surface area contributed by atoms with Gasteiger partial charge in [0, 0.05) is 17.0 Å². The highest BCUT2D eigenvalue weighted by Gasteiger charge is 2.48. The second-order valence-electron chi connectivity index (χ2n) is 4.90. The smallest absolute Gasteiger partial charge is 0.422 e. The van der Waals surface area contributed by atoms with Gasteiger partial charge >= 0.3 is 21.3 Å². The molecule has 0 radical (unpaired) electrons. The van der Waals surface area contributed by atoms with Crippen molar-refractivity contribution in [3.05, 3.63) is 39.7 Å². The topological polar surface area (TPSA) is 73.6 Å². The van der Waals surface area contributed by atoms with Crippen LogP contribution in [-0.4, -0.2) is 13.9 Å². The van der Waals surface area contributed by atoms with E-state index < -0.39 is 27.0 Å². The van der Waals surface area contributed by atoms with Crippen molar-refractivity contribution in [2.24, 2.45) is 0 Å². The van der Waals surface area contributed by atoms with E-state index in [-0.39, 0.29) is 17.6 Å². The molecule has 1 aromatic heterocycles. The molecule has 1 heterocycles. The SMILES string of the molecule is CCCc1c(OS(=O)(=O)C(F)(F)F)ccc2c(C)cc(=O)oc12. The lowest BCUT2D eigenvalue weighted by molar-refractivity contribution is -0.0500. The number of halogens is 3. The van der Waals surface area contributed by atoms with Crippen LogP contribution >= 0.6 is 0 Å². The monoisotopic (exact) mass is 350 g/mol. The Kier molecular flexibility index (Phi) is 4.43.